The lowest BCUT2D eigenvalue weighted by Crippen LogP contribution is -2.36. The molecule has 0 radical (unpaired) electrons. The second-order valence-corrected chi connectivity index (χ2v) is 5.12. The van der Waals surface area contributed by atoms with Crippen molar-refractivity contribution in [2.24, 2.45) is 0 Å². The van der Waals surface area contributed by atoms with E-state index in [1.54, 1.807) is 29.7 Å². The fraction of sp³-hybridized carbons (Fsp3) is 0.467. The molecule has 0 N–H and O–H groups in total. The molecule has 1 heterocycles. The van der Waals surface area contributed by atoms with E-state index in [0.717, 1.165) is 6.42 Å². The van der Waals surface area contributed by atoms with Gasteiger partial charge in [0.1, 0.15) is 5.82 Å². The van der Waals surface area contributed by atoms with Crippen LogP contribution in [0, 0.1) is 12.7 Å². The summed E-state index contributed by atoms with van der Waals surface area (Å²) >= 11 is 0. The van der Waals surface area contributed by atoms with E-state index in [2.05, 4.69) is 0 Å². The van der Waals surface area contributed by atoms with Gasteiger partial charge in [-0.25, -0.2) is 4.39 Å². The van der Waals surface area contributed by atoms with Gasteiger partial charge in [0.05, 0.1) is 0 Å². The Balaban J connectivity index is 2.09. The maximum absolute atomic E-state index is 13.2. The minimum absolute atomic E-state index is 0.0388. The minimum Gasteiger partial charge on any atom is -0.341 e. The average Bonchev–Trinajstić information content (AvgIpc) is 2.67. The van der Waals surface area contributed by atoms with Crippen LogP contribution < -0.4 is 0 Å². The van der Waals surface area contributed by atoms with Crippen LogP contribution in [-0.4, -0.2) is 47.8 Å². The Morgan fingerprint density at radius 3 is 2.40 bits per heavy atom. The van der Waals surface area contributed by atoms with E-state index in [0.29, 0.717) is 37.3 Å². The van der Waals surface area contributed by atoms with Crippen LogP contribution >= 0.6 is 0 Å². The van der Waals surface area contributed by atoms with Crippen LogP contribution in [0.25, 0.3) is 0 Å². The zero-order valence-electron chi connectivity index (χ0n) is 11.9. The van der Waals surface area contributed by atoms with E-state index in [1.807, 2.05) is 0 Å². The monoisotopic (exact) mass is 278 g/mol. The van der Waals surface area contributed by atoms with E-state index in [4.69, 9.17) is 0 Å². The predicted octanol–water partition coefficient (Wildman–Crippen LogP) is 1.83. The molecule has 0 saturated carbocycles. The predicted molar refractivity (Wildman–Crippen MR) is 73.9 cm³/mol. The molecule has 0 unspecified atom stereocenters. The summed E-state index contributed by atoms with van der Waals surface area (Å²) in [5.74, 6) is -0.365. The summed E-state index contributed by atoms with van der Waals surface area (Å²) in [7, 11) is 0. The minimum atomic E-state index is -0.305. The van der Waals surface area contributed by atoms with Crippen LogP contribution in [0.1, 0.15) is 29.3 Å². The number of nitrogens with zero attached hydrogens (tertiary/aromatic N) is 2. The van der Waals surface area contributed by atoms with Crippen molar-refractivity contribution < 1.29 is 14.0 Å². The number of hydrogen-bond donors (Lipinski definition) is 0. The van der Waals surface area contributed by atoms with Crippen molar-refractivity contribution in [1.82, 2.24) is 9.80 Å². The SMILES string of the molecule is CC(=O)N1CCCN(C(=O)c2ccc(F)c(C)c2)CC1. The number of aryl methyl sites for hydroxylation is 1. The summed E-state index contributed by atoms with van der Waals surface area (Å²) in [5, 5.41) is 0. The third kappa shape index (κ3) is 3.15. The van der Waals surface area contributed by atoms with Crippen molar-refractivity contribution in [1.29, 1.82) is 0 Å². The molecule has 0 aromatic heterocycles. The molecule has 1 aromatic rings. The molecule has 1 saturated heterocycles. The van der Waals surface area contributed by atoms with Gasteiger partial charge >= 0.3 is 0 Å². The maximum atomic E-state index is 13.2. The highest BCUT2D eigenvalue weighted by Crippen LogP contribution is 2.13. The molecule has 0 spiro atoms. The van der Waals surface area contributed by atoms with Crippen LogP contribution in [0.3, 0.4) is 0 Å². The van der Waals surface area contributed by atoms with E-state index < -0.39 is 0 Å². The third-order valence-electron chi connectivity index (χ3n) is 3.63. The molecular weight excluding hydrogens is 259 g/mol. The topological polar surface area (TPSA) is 40.6 Å². The molecule has 20 heavy (non-hydrogen) atoms. The molecule has 1 aliphatic rings. The van der Waals surface area contributed by atoms with Crippen molar-refractivity contribution in [2.45, 2.75) is 20.3 Å². The van der Waals surface area contributed by atoms with Crippen molar-refractivity contribution in [3.8, 4) is 0 Å². The molecule has 1 aromatic carbocycles. The molecule has 4 nitrogen and oxygen atoms in total. The lowest BCUT2D eigenvalue weighted by molar-refractivity contribution is -0.128. The van der Waals surface area contributed by atoms with Gasteiger partial charge < -0.3 is 9.80 Å². The average molecular weight is 278 g/mol. The number of rotatable bonds is 1. The summed E-state index contributed by atoms with van der Waals surface area (Å²) in [6, 6.07) is 4.41. The zero-order valence-corrected chi connectivity index (χ0v) is 11.9. The van der Waals surface area contributed by atoms with Crippen LogP contribution in [0.2, 0.25) is 0 Å². The highest BCUT2D eigenvalue weighted by molar-refractivity contribution is 5.94. The summed E-state index contributed by atoms with van der Waals surface area (Å²) in [4.78, 5) is 27.2. The van der Waals surface area contributed by atoms with E-state index in [-0.39, 0.29) is 17.6 Å². The van der Waals surface area contributed by atoms with Crippen LogP contribution in [0.4, 0.5) is 4.39 Å². The molecule has 1 fully saturated rings. The summed E-state index contributed by atoms with van der Waals surface area (Å²) < 4.78 is 13.2. The maximum Gasteiger partial charge on any atom is 0.253 e. The Labute approximate surface area is 118 Å². The first-order valence-electron chi connectivity index (χ1n) is 6.80. The van der Waals surface area contributed by atoms with Gasteiger partial charge in [0.15, 0.2) is 0 Å². The summed E-state index contributed by atoms with van der Waals surface area (Å²) in [5.41, 5.74) is 0.969. The zero-order chi connectivity index (χ0) is 14.7. The second-order valence-electron chi connectivity index (χ2n) is 5.12. The van der Waals surface area contributed by atoms with E-state index in [9.17, 15) is 14.0 Å². The molecule has 1 aliphatic heterocycles. The lowest BCUT2D eigenvalue weighted by Gasteiger charge is -2.21. The molecule has 0 bridgehead atoms. The third-order valence-corrected chi connectivity index (χ3v) is 3.63. The fourth-order valence-corrected chi connectivity index (χ4v) is 2.40. The number of halogens is 1. The van der Waals surface area contributed by atoms with Crippen molar-refractivity contribution in [3.05, 3.63) is 35.1 Å². The number of carbonyl (C=O) groups excluding carboxylic acids is 2. The highest BCUT2D eigenvalue weighted by atomic mass is 19.1. The first-order valence-corrected chi connectivity index (χ1v) is 6.80. The molecule has 108 valence electrons. The first kappa shape index (κ1) is 14.5. The van der Waals surface area contributed by atoms with Gasteiger partial charge in [0.2, 0.25) is 5.91 Å². The highest BCUT2D eigenvalue weighted by Gasteiger charge is 2.21. The quantitative estimate of drug-likeness (QED) is 0.786. The van der Waals surface area contributed by atoms with Crippen molar-refractivity contribution in [3.63, 3.8) is 0 Å². The fourth-order valence-electron chi connectivity index (χ4n) is 2.40. The number of amides is 2. The molecule has 5 heteroatoms. The summed E-state index contributed by atoms with van der Waals surface area (Å²) in [6.45, 7) is 5.57. The number of hydrogen-bond acceptors (Lipinski definition) is 2. The van der Waals surface area contributed by atoms with E-state index >= 15 is 0 Å². The van der Waals surface area contributed by atoms with Crippen LogP contribution in [0.15, 0.2) is 18.2 Å². The second kappa shape index (κ2) is 6.03. The molecular formula is C15H19FN2O2. The molecule has 2 rings (SSSR count). The Morgan fingerprint density at radius 2 is 1.75 bits per heavy atom. The number of benzene rings is 1. The van der Waals surface area contributed by atoms with Gasteiger partial charge in [0.25, 0.3) is 5.91 Å². The Kier molecular flexibility index (Phi) is 4.37. The molecule has 0 atom stereocenters. The molecule has 2 amide bonds. The van der Waals surface area contributed by atoms with Gasteiger partial charge in [-0.3, -0.25) is 9.59 Å². The first-order chi connectivity index (χ1) is 9.49. The summed E-state index contributed by atoms with van der Waals surface area (Å²) in [6.07, 6.45) is 0.769. The smallest absolute Gasteiger partial charge is 0.253 e. The van der Waals surface area contributed by atoms with Crippen molar-refractivity contribution >= 4 is 11.8 Å². The molecule has 0 aliphatic carbocycles. The largest absolute Gasteiger partial charge is 0.341 e. The number of carbonyl (C=O) groups is 2. The standard InChI is InChI=1S/C15H19FN2O2/c1-11-10-13(4-5-14(11)16)15(20)18-7-3-6-17(8-9-18)12(2)19/h4-5,10H,3,6-9H2,1-2H3. The van der Waals surface area contributed by atoms with Gasteiger partial charge in [-0.2, -0.15) is 0 Å². The Morgan fingerprint density at radius 1 is 1.10 bits per heavy atom. The normalized spacial score (nSPS) is 15.9. The van der Waals surface area contributed by atoms with Crippen LogP contribution in [-0.2, 0) is 4.79 Å². The Hall–Kier alpha value is -1.91. The van der Waals surface area contributed by atoms with Crippen molar-refractivity contribution in [2.75, 3.05) is 26.2 Å². The van der Waals surface area contributed by atoms with E-state index in [1.165, 1.54) is 12.1 Å². The lowest BCUT2D eigenvalue weighted by atomic mass is 10.1. The van der Waals surface area contributed by atoms with Gasteiger partial charge in [-0.05, 0) is 37.1 Å². The van der Waals surface area contributed by atoms with Gasteiger partial charge in [0, 0.05) is 38.7 Å². The van der Waals surface area contributed by atoms with Crippen LogP contribution in [0.5, 0.6) is 0 Å². The Bertz CT molecular complexity index is 531. The van der Waals surface area contributed by atoms with Gasteiger partial charge in [-0.15, -0.1) is 0 Å². The van der Waals surface area contributed by atoms with Gasteiger partial charge in [-0.1, -0.05) is 0 Å².